The minimum absolute atomic E-state index is 0.396. The van der Waals surface area contributed by atoms with Gasteiger partial charge in [0.25, 0.3) is 0 Å². The number of carbonyl (C=O) groups excluding carboxylic acids is 8. The van der Waals surface area contributed by atoms with Gasteiger partial charge in [-0.05, 0) is 103 Å². The fourth-order valence-corrected chi connectivity index (χ4v) is 9.45. The van der Waals surface area contributed by atoms with Gasteiger partial charge in [-0.2, -0.15) is 0 Å². The highest BCUT2D eigenvalue weighted by Gasteiger charge is 2.54. The first-order valence-corrected chi connectivity index (χ1v) is 27.6. The molecular formula is C63H46O37. The van der Waals surface area contributed by atoms with Crippen LogP contribution in [0.15, 0.2) is 97.1 Å². The van der Waals surface area contributed by atoms with Crippen LogP contribution in [0, 0.1) is 5.92 Å². The van der Waals surface area contributed by atoms with Gasteiger partial charge < -0.3 is 145 Å². The summed E-state index contributed by atoms with van der Waals surface area (Å²) >= 11 is 0. The van der Waals surface area contributed by atoms with Crippen LogP contribution in [0.2, 0.25) is 0 Å². The summed E-state index contributed by atoms with van der Waals surface area (Å²) in [5.74, 6) is -43.9. The molecule has 100 heavy (non-hydrogen) atoms. The van der Waals surface area contributed by atoms with Gasteiger partial charge in [0.2, 0.25) is 17.2 Å². The summed E-state index contributed by atoms with van der Waals surface area (Å²) in [5.41, 5.74) is -7.02. The maximum atomic E-state index is 15.0. The molecule has 37 heteroatoms. The summed E-state index contributed by atoms with van der Waals surface area (Å²) in [5, 5.41) is 217. The maximum Gasteiger partial charge on any atom is 0.343 e. The summed E-state index contributed by atoms with van der Waals surface area (Å²) in [6.45, 7) is -1.28. The van der Waals surface area contributed by atoms with E-state index in [4.69, 9.17) is 37.9 Å². The Hall–Kier alpha value is -14.7. The van der Waals surface area contributed by atoms with Gasteiger partial charge in [0.15, 0.2) is 133 Å². The van der Waals surface area contributed by atoms with Crippen molar-refractivity contribution in [3.63, 3.8) is 0 Å². The highest BCUT2D eigenvalue weighted by atomic mass is 16.6. The Morgan fingerprint density at radius 2 is 0.460 bits per heavy atom. The lowest BCUT2D eigenvalue weighted by atomic mass is 9.80. The van der Waals surface area contributed by atoms with E-state index >= 15 is 0 Å². The highest BCUT2D eigenvalue weighted by Crippen LogP contribution is 2.46. The second-order valence-corrected chi connectivity index (χ2v) is 21.2. The molecule has 520 valence electrons. The van der Waals surface area contributed by atoms with E-state index in [1.54, 1.807) is 0 Å². The van der Waals surface area contributed by atoms with Gasteiger partial charge in [-0.3, -0.25) is 0 Å². The van der Waals surface area contributed by atoms with Gasteiger partial charge in [-0.25, -0.2) is 38.4 Å². The van der Waals surface area contributed by atoms with Gasteiger partial charge in [0.05, 0.1) is 51.1 Å². The number of phenolic OH excluding ortho intramolecular Hbond substituents is 21. The molecule has 0 amide bonds. The molecule has 8 aromatic carbocycles. The SMILES string of the molecule is O=C(OCC1CC(OC(=O)c2cc(O)c(O)c(O)c2)C(OC(=O)c2cc(O)c(O)c(OC(=O)c3cc(O)c(O)c(O)c3)c2)C(OC(=O)c2cc(O)c(O)c(OC(=O)c3cc(O)c(O)c(O)c3)c2)[C@H]1OC(=O)c1cc(O)c(O)c(OC(=O)c2cc(O)c(O)c(O)c2)c1)c1cc(O)c(O)c(O)c1. The minimum Gasteiger partial charge on any atom is -0.504 e. The number of benzene rings is 8. The molecule has 5 atom stereocenters. The molecule has 21 N–H and O–H groups in total. The number of ether oxygens (including phenoxy) is 8. The van der Waals surface area contributed by atoms with E-state index in [1.807, 2.05) is 0 Å². The molecule has 1 saturated carbocycles. The van der Waals surface area contributed by atoms with Crippen molar-refractivity contribution in [2.75, 3.05) is 6.61 Å². The zero-order valence-corrected chi connectivity index (χ0v) is 49.5. The molecule has 0 heterocycles. The lowest BCUT2D eigenvalue weighted by molar-refractivity contribution is -0.170. The van der Waals surface area contributed by atoms with Crippen molar-refractivity contribution in [2.24, 2.45) is 5.92 Å². The van der Waals surface area contributed by atoms with E-state index in [0.717, 1.165) is 0 Å². The third kappa shape index (κ3) is 14.4. The molecule has 9 rings (SSSR count). The zero-order valence-electron chi connectivity index (χ0n) is 49.5. The van der Waals surface area contributed by atoms with Crippen LogP contribution in [-0.2, 0) is 23.7 Å². The van der Waals surface area contributed by atoms with Crippen LogP contribution in [0.3, 0.4) is 0 Å². The molecule has 1 aliphatic carbocycles. The Labute approximate surface area is 552 Å². The molecule has 1 aliphatic rings. The normalized spacial score (nSPS) is 15.5. The summed E-state index contributed by atoms with van der Waals surface area (Å²) in [7, 11) is 0. The van der Waals surface area contributed by atoms with E-state index in [-0.39, 0.29) is 0 Å². The van der Waals surface area contributed by atoms with E-state index in [9.17, 15) is 146 Å². The first-order valence-electron chi connectivity index (χ1n) is 27.6. The van der Waals surface area contributed by atoms with Gasteiger partial charge in [0, 0.05) is 5.92 Å². The first-order chi connectivity index (χ1) is 47.0. The van der Waals surface area contributed by atoms with Crippen molar-refractivity contribution in [3.8, 4) is 138 Å². The van der Waals surface area contributed by atoms with Crippen molar-refractivity contribution < 1.29 is 183 Å². The number of carbonyl (C=O) groups is 8. The van der Waals surface area contributed by atoms with Crippen LogP contribution in [0.5, 0.6) is 138 Å². The van der Waals surface area contributed by atoms with Crippen molar-refractivity contribution >= 4 is 47.8 Å². The molecule has 8 aromatic rings. The average molecular weight is 1400 g/mol. The predicted molar refractivity (Wildman–Crippen MR) is 317 cm³/mol. The number of esters is 8. The van der Waals surface area contributed by atoms with E-state index in [2.05, 4.69) is 0 Å². The average Bonchev–Trinajstić information content (AvgIpc) is 0.765. The van der Waals surface area contributed by atoms with Crippen LogP contribution in [0.4, 0.5) is 0 Å². The van der Waals surface area contributed by atoms with Crippen LogP contribution >= 0.6 is 0 Å². The molecule has 37 nitrogen and oxygen atoms in total. The molecule has 0 radical (unpaired) electrons. The third-order valence-corrected chi connectivity index (χ3v) is 14.4. The Balaban J connectivity index is 1.21. The Kier molecular flexibility index (Phi) is 19.0. The zero-order chi connectivity index (χ0) is 73.4. The van der Waals surface area contributed by atoms with Crippen molar-refractivity contribution in [1.82, 2.24) is 0 Å². The van der Waals surface area contributed by atoms with E-state index in [0.29, 0.717) is 97.1 Å². The summed E-state index contributed by atoms with van der Waals surface area (Å²) < 4.78 is 44.2. The van der Waals surface area contributed by atoms with E-state index in [1.165, 1.54) is 0 Å². The van der Waals surface area contributed by atoms with Crippen LogP contribution in [0.25, 0.3) is 0 Å². The standard InChI is InChI=1S/C63H46O37/c64-28-1-19(2-29(65)45(28)77)56(85)93-18-27-17-44(97-60(89)23-9-36(72)49(81)37(73)10-23)54(99-62(91)25-12-39(75)51(83)42(15-25)95-58(87)21-5-32(68)47(79)33(69)6-21)55(100-63(92)26-13-40(76)52(84)43(16-26)96-59(88)22-7-34(70)48(80)35(71)8-22)53(27)98-61(90)24-11-38(74)50(82)41(14-24)94-57(86)20-3-30(66)46(78)31(67)4-20/h1-16,27,44,53-55,64-84H,17-18H2/t27?,44?,53-,54?,55?/m0/s1. The smallest absolute Gasteiger partial charge is 0.343 e. The number of aromatic hydroxyl groups is 21. The molecular weight excluding hydrogens is 1350 g/mol. The molecule has 0 spiro atoms. The molecule has 0 aliphatic heterocycles. The second kappa shape index (κ2) is 27.3. The van der Waals surface area contributed by atoms with Gasteiger partial charge in [-0.1, -0.05) is 0 Å². The number of phenols is 21. The molecule has 1 fully saturated rings. The maximum absolute atomic E-state index is 15.0. The summed E-state index contributed by atoms with van der Waals surface area (Å²) in [6.07, 6.45) is -11.5. The number of rotatable bonds is 17. The molecule has 0 aromatic heterocycles. The monoisotopic (exact) mass is 1390 g/mol. The van der Waals surface area contributed by atoms with Crippen LogP contribution in [0.1, 0.15) is 89.3 Å². The minimum atomic E-state index is -2.79. The summed E-state index contributed by atoms with van der Waals surface area (Å²) in [6, 6.07) is 8.06. The van der Waals surface area contributed by atoms with Crippen molar-refractivity contribution in [3.05, 3.63) is 142 Å². The molecule has 0 bridgehead atoms. The Morgan fingerprint density at radius 1 is 0.250 bits per heavy atom. The second-order valence-electron chi connectivity index (χ2n) is 21.2. The lowest BCUT2D eigenvalue weighted by Gasteiger charge is -2.44. The van der Waals surface area contributed by atoms with Gasteiger partial charge in [0.1, 0.15) is 12.2 Å². The Morgan fingerprint density at radius 3 is 0.740 bits per heavy atom. The fourth-order valence-electron chi connectivity index (χ4n) is 9.45. The van der Waals surface area contributed by atoms with Crippen molar-refractivity contribution in [2.45, 2.75) is 30.8 Å². The largest absolute Gasteiger partial charge is 0.504 e. The molecule has 0 saturated heterocycles. The van der Waals surface area contributed by atoms with Crippen LogP contribution in [-0.4, -0.2) is 186 Å². The fraction of sp³-hybridized carbons (Fsp3) is 0.111. The number of hydrogen-bond acceptors (Lipinski definition) is 37. The van der Waals surface area contributed by atoms with Crippen molar-refractivity contribution in [1.29, 1.82) is 0 Å². The first kappa shape index (κ1) is 69.7. The lowest BCUT2D eigenvalue weighted by Crippen LogP contribution is -2.60. The van der Waals surface area contributed by atoms with Gasteiger partial charge >= 0.3 is 47.8 Å². The van der Waals surface area contributed by atoms with Gasteiger partial charge in [-0.15, -0.1) is 0 Å². The number of hydrogen-bond donors (Lipinski definition) is 21. The predicted octanol–water partition coefficient (Wildman–Crippen LogP) is 4.24. The highest BCUT2D eigenvalue weighted by molar-refractivity contribution is 5.98. The topological polar surface area (TPSA) is 635 Å². The quantitative estimate of drug-likeness (QED) is 0.0262. The van der Waals surface area contributed by atoms with E-state index < -0.39 is 274 Å². The van der Waals surface area contributed by atoms with Crippen LogP contribution < -0.4 is 14.2 Å². The Bertz CT molecular complexity index is 4630. The third-order valence-electron chi connectivity index (χ3n) is 14.4. The molecule has 4 unspecified atom stereocenters. The summed E-state index contributed by atoms with van der Waals surface area (Å²) in [4.78, 5) is 113.